The Labute approximate surface area is 185 Å². The van der Waals surface area contributed by atoms with Gasteiger partial charge in [0.25, 0.3) is 11.8 Å². The summed E-state index contributed by atoms with van der Waals surface area (Å²) in [5.74, 6) is -1.69. The van der Waals surface area contributed by atoms with Gasteiger partial charge in [-0.1, -0.05) is 18.2 Å². The lowest BCUT2D eigenvalue weighted by Crippen LogP contribution is -2.45. The Bertz CT molecular complexity index is 1070. The van der Waals surface area contributed by atoms with Crippen LogP contribution in [0.5, 0.6) is 11.5 Å². The fourth-order valence-corrected chi connectivity index (χ4v) is 3.64. The normalized spacial score (nSPS) is 11.7. The summed E-state index contributed by atoms with van der Waals surface area (Å²) in [7, 11) is -1.07. The van der Waals surface area contributed by atoms with Gasteiger partial charge in [0.15, 0.2) is 18.1 Å². The molecular weight excluding hydrogens is 442 g/mol. The summed E-state index contributed by atoms with van der Waals surface area (Å²) in [6, 6.07) is 10.6. The number of amides is 2. The molecule has 172 valence electrons. The van der Waals surface area contributed by atoms with E-state index >= 15 is 0 Å². The molecule has 12 heteroatoms. The van der Waals surface area contributed by atoms with Crippen LogP contribution in [0.25, 0.3) is 0 Å². The van der Waals surface area contributed by atoms with Gasteiger partial charge in [-0.15, -0.1) is 0 Å². The van der Waals surface area contributed by atoms with Crippen LogP contribution in [0.3, 0.4) is 0 Å². The van der Waals surface area contributed by atoms with Crippen molar-refractivity contribution >= 4 is 27.8 Å². The van der Waals surface area contributed by atoms with Crippen LogP contribution in [-0.2, 0) is 24.3 Å². The number of benzene rings is 2. The number of rotatable bonds is 9. The molecule has 0 heterocycles. The molecule has 0 aliphatic carbocycles. The number of hydrogen-bond acceptors (Lipinski definition) is 8. The Hall–Kier alpha value is -3.64. The molecule has 0 bridgehead atoms. The third-order valence-electron chi connectivity index (χ3n) is 4.05. The summed E-state index contributed by atoms with van der Waals surface area (Å²) < 4.78 is 41.6. The van der Waals surface area contributed by atoms with E-state index in [4.69, 9.17) is 14.2 Å². The van der Waals surface area contributed by atoms with E-state index in [1.165, 1.54) is 63.6 Å². The Morgan fingerprint density at radius 2 is 1.59 bits per heavy atom. The lowest BCUT2D eigenvalue weighted by atomic mass is 10.2. The second kappa shape index (κ2) is 11.1. The molecule has 0 radical (unpaired) electrons. The van der Waals surface area contributed by atoms with Gasteiger partial charge in [0.2, 0.25) is 10.0 Å². The molecular formula is C20H23N3O8S. The molecule has 3 N–H and O–H groups in total. The Morgan fingerprint density at radius 3 is 2.22 bits per heavy atom. The van der Waals surface area contributed by atoms with Gasteiger partial charge in [-0.05, 0) is 37.3 Å². The van der Waals surface area contributed by atoms with Gasteiger partial charge < -0.3 is 14.2 Å². The first-order valence-corrected chi connectivity index (χ1v) is 10.7. The fraction of sp³-hybridized carbons (Fsp3) is 0.250. The topological polar surface area (TPSA) is 149 Å². The third-order valence-corrected chi connectivity index (χ3v) is 5.60. The maximum Gasteiger partial charge on any atom is 0.324 e. The molecule has 0 spiro atoms. The molecule has 2 aromatic rings. The lowest BCUT2D eigenvalue weighted by Gasteiger charge is -2.14. The standard InChI is InChI=1S/C20H23N3O8S/c1-13(23-32(27,28)15-7-5-4-6-8-15)20(26)31-12-18(24)21-22-19(25)14-9-10-16(29-2)17(11-14)30-3/h4-11,13,23H,12H2,1-3H3,(H,21,24)(H,22,25)/t13-/m0/s1. The first-order chi connectivity index (χ1) is 15.2. The summed E-state index contributed by atoms with van der Waals surface area (Å²) in [4.78, 5) is 36.0. The van der Waals surface area contributed by atoms with Crippen LogP contribution < -0.4 is 25.0 Å². The first kappa shape index (κ1) is 24.6. The molecule has 0 saturated carbocycles. The second-order valence-corrected chi connectivity index (χ2v) is 8.05. The van der Waals surface area contributed by atoms with Crippen LogP contribution in [-0.4, -0.2) is 53.1 Å². The monoisotopic (exact) mass is 465 g/mol. The van der Waals surface area contributed by atoms with Gasteiger partial charge in [0.05, 0.1) is 19.1 Å². The predicted octanol–water partition coefficient (Wildman–Crippen LogP) is 0.375. The van der Waals surface area contributed by atoms with E-state index in [9.17, 15) is 22.8 Å². The summed E-state index contributed by atoms with van der Waals surface area (Å²) >= 11 is 0. The number of sulfonamides is 1. The highest BCUT2D eigenvalue weighted by molar-refractivity contribution is 7.89. The highest BCUT2D eigenvalue weighted by Gasteiger charge is 2.23. The Morgan fingerprint density at radius 1 is 0.938 bits per heavy atom. The molecule has 0 fully saturated rings. The van der Waals surface area contributed by atoms with E-state index in [1.54, 1.807) is 6.07 Å². The molecule has 0 unspecified atom stereocenters. The molecule has 2 aromatic carbocycles. The quantitative estimate of drug-likeness (QED) is 0.355. The SMILES string of the molecule is COc1ccc(C(=O)NNC(=O)COC(=O)[C@H](C)NS(=O)(=O)c2ccccc2)cc1OC. The molecule has 2 amide bonds. The van der Waals surface area contributed by atoms with E-state index in [0.29, 0.717) is 11.5 Å². The van der Waals surface area contributed by atoms with Crippen LogP contribution in [0, 0.1) is 0 Å². The molecule has 0 aliphatic heterocycles. The van der Waals surface area contributed by atoms with Crippen LogP contribution in [0.15, 0.2) is 53.4 Å². The third kappa shape index (κ3) is 6.68. The average molecular weight is 465 g/mol. The zero-order valence-corrected chi connectivity index (χ0v) is 18.4. The number of carbonyl (C=O) groups excluding carboxylic acids is 3. The van der Waals surface area contributed by atoms with Gasteiger partial charge in [-0.25, -0.2) is 8.42 Å². The van der Waals surface area contributed by atoms with E-state index in [-0.39, 0.29) is 10.5 Å². The number of ether oxygens (including phenoxy) is 3. The van der Waals surface area contributed by atoms with Crippen molar-refractivity contribution < 1.29 is 37.0 Å². The van der Waals surface area contributed by atoms with E-state index < -0.39 is 40.5 Å². The van der Waals surface area contributed by atoms with Crippen molar-refractivity contribution in [2.24, 2.45) is 0 Å². The summed E-state index contributed by atoms with van der Waals surface area (Å²) in [6.07, 6.45) is 0. The number of esters is 1. The maximum atomic E-state index is 12.2. The van der Waals surface area contributed by atoms with Crippen molar-refractivity contribution in [2.45, 2.75) is 17.9 Å². The molecule has 0 aliphatic rings. The Kier molecular flexibility index (Phi) is 8.55. The zero-order valence-electron chi connectivity index (χ0n) is 17.6. The first-order valence-electron chi connectivity index (χ1n) is 9.23. The largest absolute Gasteiger partial charge is 0.493 e. The van der Waals surface area contributed by atoms with Crippen molar-refractivity contribution in [3.05, 3.63) is 54.1 Å². The highest BCUT2D eigenvalue weighted by Crippen LogP contribution is 2.27. The van der Waals surface area contributed by atoms with Crippen molar-refractivity contribution in [3.63, 3.8) is 0 Å². The summed E-state index contributed by atoms with van der Waals surface area (Å²) in [5, 5.41) is 0. The van der Waals surface area contributed by atoms with Crippen LogP contribution in [0.2, 0.25) is 0 Å². The van der Waals surface area contributed by atoms with Gasteiger partial charge >= 0.3 is 5.97 Å². The van der Waals surface area contributed by atoms with Crippen molar-refractivity contribution in [1.29, 1.82) is 0 Å². The number of nitrogens with one attached hydrogen (secondary N) is 3. The molecule has 1 atom stereocenters. The highest BCUT2D eigenvalue weighted by atomic mass is 32.2. The second-order valence-electron chi connectivity index (χ2n) is 6.34. The predicted molar refractivity (Wildman–Crippen MR) is 112 cm³/mol. The van der Waals surface area contributed by atoms with E-state index in [2.05, 4.69) is 15.6 Å². The van der Waals surface area contributed by atoms with Gasteiger partial charge in [0.1, 0.15) is 6.04 Å². The Balaban J connectivity index is 1.82. The van der Waals surface area contributed by atoms with Gasteiger partial charge in [0, 0.05) is 5.56 Å². The summed E-state index contributed by atoms with van der Waals surface area (Å²) in [5.41, 5.74) is 4.44. The zero-order chi connectivity index (χ0) is 23.7. The van der Waals surface area contributed by atoms with Crippen LogP contribution in [0.4, 0.5) is 0 Å². The number of methoxy groups -OCH3 is 2. The smallest absolute Gasteiger partial charge is 0.324 e. The maximum absolute atomic E-state index is 12.2. The van der Waals surface area contributed by atoms with E-state index in [1.807, 2.05) is 0 Å². The average Bonchev–Trinajstić information content (AvgIpc) is 2.80. The van der Waals surface area contributed by atoms with E-state index in [0.717, 1.165) is 0 Å². The van der Waals surface area contributed by atoms with Gasteiger partial charge in [-0.3, -0.25) is 25.2 Å². The molecule has 32 heavy (non-hydrogen) atoms. The molecule has 11 nitrogen and oxygen atoms in total. The van der Waals surface area contributed by atoms with Gasteiger partial charge in [-0.2, -0.15) is 4.72 Å². The minimum Gasteiger partial charge on any atom is -0.493 e. The number of hydrazine groups is 1. The number of carbonyl (C=O) groups is 3. The molecule has 0 saturated heterocycles. The summed E-state index contributed by atoms with van der Waals surface area (Å²) in [6.45, 7) is 0.544. The van der Waals surface area contributed by atoms with Crippen LogP contribution >= 0.6 is 0 Å². The van der Waals surface area contributed by atoms with Crippen molar-refractivity contribution in [3.8, 4) is 11.5 Å². The lowest BCUT2D eigenvalue weighted by molar-refractivity contribution is -0.149. The fourth-order valence-electron chi connectivity index (χ4n) is 2.42. The van der Waals surface area contributed by atoms with Crippen molar-refractivity contribution in [2.75, 3.05) is 20.8 Å². The van der Waals surface area contributed by atoms with Crippen molar-refractivity contribution in [1.82, 2.24) is 15.6 Å². The molecule has 0 aromatic heterocycles. The minimum absolute atomic E-state index is 0.0183. The van der Waals surface area contributed by atoms with Crippen LogP contribution in [0.1, 0.15) is 17.3 Å². The minimum atomic E-state index is -3.93. The molecule has 2 rings (SSSR count). The number of hydrogen-bond donors (Lipinski definition) is 3.